The van der Waals surface area contributed by atoms with Gasteiger partial charge in [-0.25, -0.2) is 13.1 Å². The highest BCUT2D eigenvalue weighted by molar-refractivity contribution is 7.89. The minimum atomic E-state index is -3.65. The van der Waals surface area contributed by atoms with E-state index in [9.17, 15) is 8.42 Å². The zero-order chi connectivity index (χ0) is 20.6. The first kappa shape index (κ1) is 20.0. The Bertz CT molecular complexity index is 995. The lowest BCUT2D eigenvalue weighted by molar-refractivity contribution is 0.254. The van der Waals surface area contributed by atoms with Gasteiger partial charge in [0.2, 0.25) is 10.0 Å². The number of para-hydroxylation sites is 1. The van der Waals surface area contributed by atoms with Gasteiger partial charge in [0, 0.05) is 50.5 Å². The Kier molecular flexibility index (Phi) is 5.42. The molecule has 1 N–H and O–H groups in total. The molecule has 1 fully saturated rings. The number of rotatable bonds is 5. The monoisotopic (exact) mass is 417 g/mol. The third kappa shape index (κ3) is 3.92. The summed E-state index contributed by atoms with van der Waals surface area (Å²) in [5.41, 5.74) is 2.53. The van der Waals surface area contributed by atoms with Gasteiger partial charge in [-0.05, 0) is 30.2 Å². The fourth-order valence-electron chi connectivity index (χ4n) is 4.37. The summed E-state index contributed by atoms with van der Waals surface area (Å²) < 4.78 is 39.3. The van der Waals surface area contributed by atoms with Crippen LogP contribution < -0.4 is 19.1 Å². The lowest BCUT2D eigenvalue weighted by Crippen LogP contribution is -2.37. The minimum absolute atomic E-state index is 0.128. The number of likely N-dealkylation sites (N-methyl/N-ethyl adjacent to an activating group) is 1. The van der Waals surface area contributed by atoms with Crippen LogP contribution in [0.15, 0.2) is 47.4 Å². The molecule has 0 saturated carbocycles. The average Bonchev–Trinajstić information content (AvgIpc) is 3.01. The molecular formula is C21H27N3O4S. The molecule has 2 atom stereocenters. The topological polar surface area (TPSA) is 71.1 Å². The van der Waals surface area contributed by atoms with E-state index in [4.69, 9.17) is 9.47 Å². The number of sulfonamides is 1. The highest BCUT2D eigenvalue weighted by Crippen LogP contribution is 2.32. The lowest BCUT2D eigenvalue weighted by Gasteiger charge is -2.24. The van der Waals surface area contributed by atoms with Gasteiger partial charge in [0.15, 0.2) is 11.5 Å². The number of nitrogens with zero attached hydrogens (tertiary/aromatic N) is 2. The Morgan fingerprint density at radius 3 is 2.55 bits per heavy atom. The quantitative estimate of drug-likeness (QED) is 0.803. The van der Waals surface area contributed by atoms with Gasteiger partial charge in [-0.1, -0.05) is 18.2 Å². The molecule has 156 valence electrons. The Labute approximate surface area is 172 Å². The Morgan fingerprint density at radius 1 is 1.03 bits per heavy atom. The van der Waals surface area contributed by atoms with Crippen molar-refractivity contribution in [2.45, 2.75) is 29.9 Å². The number of methoxy groups -OCH3 is 2. The van der Waals surface area contributed by atoms with Crippen LogP contribution in [0.3, 0.4) is 0 Å². The average molecular weight is 418 g/mol. The maximum atomic E-state index is 13.0. The number of ether oxygens (including phenoxy) is 2. The summed E-state index contributed by atoms with van der Waals surface area (Å²) in [7, 11) is 1.47. The molecule has 0 amide bonds. The number of benzene rings is 2. The van der Waals surface area contributed by atoms with Gasteiger partial charge in [-0.3, -0.25) is 4.90 Å². The van der Waals surface area contributed by atoms with Crippen LogP contribution in [0.5, 0.6) is 11.5 Å². The second kappa shape index (κ2) is 7.85. The molecule has 2 heterocycles. The van der Waals surface area contributed by atoms with Crippen molar-refractivity contribution < 1.29 is 17.9 Å². The molecule has 2 aliphatic heterocycles. The van der Waals surface area contributed by atoms with Gasteiger partial charge in [-0.15, -0.1) is 0 Å². The van der Waals surface area contributed by atoms with Gasteiger partial charge in [-0.2, -0.15) is 0 Å². The van der Waals surface area contributed by atoms with E-state index in [1.54, 1.807) is 12.1 Å². The van der Waals surface area contributed by atoms with Crippen molar-refractivity contribution >= 4 is 15.7 Å². The molecule has 7 nitrogen and oxygen atoms in total. The third-order valence-corrected chi connectivity index (χ3v) is 7.29. The molecule has 0 bridgehead atoms. The first-order valence-electron chi connectivity index (χ1n) is 9.68. The van der Waals surface area contributed by atoms with E-state index in [-0.39, 0.29) is 10.9 Å². The van der Waals surface area contributed by atoms with Crippen molar-refractivity contribution in [2.75, 3.05) is 39.3 Å². The molecule has 0 aliphatic carbocycles. The maximum absolute atomic E-state index is 13.0. The lowest BCUT2D eigenvalue weighted by atomic mass is 10.1. The van der Waals surface area contributed by atoms with E-state index < -0.39 is 10.0 Å². The second-order valence-electron chi connectivity index (χ2n) is 7.66. The van der Waals surface area contributed by atoms with Gasteiger partial charge in [0.05, 0.1) is 19.1 Å². The number of nitrogens with one attached hydrogen (secondary N) is 1. The second-order valence-corrected chi connectivity index (χ2v) is 9.38. The number of fused-ring (bicyclic) bond motifs is 2. The predicted octanol–water partition coefficient (Wildman–Crippen LogP) is 2.07. The molecule has 2 aromatic rings. The largest absolute Gasteiger partial charge is 0.493 e. The normalized spacial score (nSPS) is 22.0. The molecule has 0 unspecified atom stereocenters. The molecule has 0 radical (unpaired) electrons. The van der Waals surface area contributed by atoms with E-state index in [2.05, 4.69) is 45.8 Å². The molecule has 0 aromatic heterocycles. The van der Waals surface area contributed by atoms with Crippen LogP contribution in [0.2, 0.25) is 0 Å². The Morgan fingerprint density at radius 2 is 1.79 bits per heavy atom. The highest BCUT2D eigenvalue weighted by Gasteiger charge is 2.37. The molecule has 0 spiro atoms. The summed E-state index contributed by atoms with van der Waals surface area (Å²) in [5, 5.41) is 0. The van der Waals surface area contributed by atoms with Gasteiger partial charge in [0.25, 0.3) is 0 Å². The highest BCUT2D eigenvalue weighted by atomic mass is 32.2. The van der Waals surface area contributed by atoms with Crippen LogP contribution in [0.1, 0.15) is 12.0 Å². The third-order valence-electron chi connectivity index (χ3n) is 5.78. The van der Waals surface area contributed by atoms with E-state index in [1.807, 2.05) is 0 Å². The zero-order valence-corrected chi connectivity index (χ0v) is 17.8. The predicted molar refractivity (Wildman–Crippen MR) is 112 cm³/mol. The molecule has 2 aliphatic rings. The maximum Gasteiger partial charge on any atom is 0.241 e. The molecule has 8 heteroatoms. The number of anilines is 1. The smallest absolute Gasteiger partial charge is 0.241 e. The summed E-state index contributed by atoms with van der Waals surface area (Å²) in [6, 6.07) is 13.2. The van der Waals surface area contributed by atoms with Crippen LogP contribution in [-0.4, -0.2) is 59.8 Å². The number of hydrogen-bond acceptors (Lipinski definition) is 6. The molecule has 1 saturated heterocycles. The van der Waals surface area contributed by atoms with Crippen molar-refractivity contribution in [1.29, 1.82) is 0 Å². The van der Waals surface area contributed by atoms with Crippen LogP contribution in [0, 0.1) is 0 Å². The van der Waals surface area contributed by atoms with Crippen molar-refractivity contribution in [3.8, 4) is 11.5 Å². The van der Waals surface area contributed by atoms with Crippen LogP contribution in [0.25, 0.3) is 0 Å². The van der Waals surface area contributed by atoms with Gasteiger partial charge in [0.1, 0.15) is 0 Å². The van der Waals surface area contributed by atoms with Crippen molar-refractivity contribution in [1.82, 2.24) is 9.62 Å². The van der Waals surface area contributed by atoms with Crippen molar-refractivity contribution in [3.63, 3.8) is 0 Å². The van der Waals surface area contributed by atoms with Gasteiger partial charge >= 0.3 is 0 Å². The first-order valence-corrected chi connectivity index (χ1v) is 11.2. The Hall–Kier alpha value is -2.29. The fraction of sp³-hybridized carbons (Fsp3) is 0.429. The van der Waals surface area contributed by atoms with Crippen LogP contribution >= 0.6 is 0 Å². The molecule has 29 heavy (non-hydrogen) atoms. The van der Waals surface area contributed by atoms with E-state index in [0.29, 0.717) is 24.1 Å². The van der Waals surface area contributed by atoms with E-state index in [1.165, 1.54) is 31.5 Å². The van der Waals surface area contributed by atoms with Gasteiger partial charge < -0.3 is 14.4 Å². The van der Waals surface area contributed by atoms with Crippen LogP contribution in [0.4, 0.5) is 5.69 Å². The van der Waals surface area contributed by atoms with Crippen LogP contribution in [-0.2, 0) is 16.6 Å². The van der Waals surface area contributed by atoms with Crippen molar-refractivity contribution in [3.05, 3.63) is 48.0 Å². The fourth-order valence-corrected chi connectivity index (χ4v) is 5.63. The Balaban J connectivity index is 1.50. The standard InChI is InChI=1S/C21H27N3O4S/c1-23-14-17-10-16(13-24(17)12-15-6-4-5-7-19(15)23)22-29(25,26)18-8-9-20(27-2)21(11-18)28-3/h4-9,11,16-17,22H,10,12-14H2,1-3H3/t16-,17-/m0/s1. The summed E-state index contributed by atoms with van der Waals surface area (Å²) in [6.45, 7) is 2.41. The first-order chi connectivity index (χ1) is 13.9. The molecular weight excluding hydrogens is 390 g/mol. The molecule has 2 aromatic carbocycles. The summed E-state index contributed by atoms with van der Waals surface area (Å²) in [5.74, 6) is 0.899. The SMILES string of the molecule is COc1ccc(S(=O)(=O)N[C@H]2C[C@H]3CN(C)c4ccccc4CN3C2)cc1OC. The minimum Gasteiger partial charge on any atom is -0.493 e. The van der Waals surface area contributed by atoms with E-state index in [0.717, 1.165) is 19.5 Å². The van der Waals surface area contributed by atoms with E-state index >= 15 is 0 Å². The zero-order valence-electron chi connectivity index (χ0n) is 17.0. The summed E-state index contributed by atoms with van der Waals surface area (Å²) >= 11 is 0. The van der Waals surface area contributed by atoms with Crippen molar-refractivity contribution in [2.24, 2.45) is 0 Å². The summed E-state index contributed by atoms with van der Waals surface area (Å²) in [6.07, 6.45) is 0.783. The number of hydrogen-bond donors (Lipinski definition) is 1. The summed E-state index contributed by atoms with van der Waals surface area (Å²) in [4.78, 5) is 4.83. The molecule has 4 rings (SSSR count).